The number of rotatable bonds is 5. The second kappa shape index (κ2) is 7.14. The lowest BCUT2D eigenvalue weighted by atomic mass is 9.80. The van der Waals surface area contributed by atoms with Gasteiger partial charge in [-0.3, -0.25) is 23.4 Å². The highest BCUT2D eigenvalue weighted by Gasteiger charge is 2.65. The molecule has 1 aromatic rings. The maximum Gasteiger partial charge on any atom is 0.473 e. The topological polar surface area (TPSA) is 129 Å². The van der Waals surface area contributed by atoms with Gasteiger partial charge in [-0.1, -0.05) is 20.8 Å². The highest BCUT2D eigenvalue weighted by Crippen LogP contribution is 2.57. The molecule has 1 aromatic heterocycles. The van der Waals surface area contributed by atoms with Gasteiger partial charge in [0.1, 0.15) is 17.8 Å². The molecule has 0 radical (unpaired) electrons. The number of aromatic amines is 1. The first-order chi connectivity index (χ1) is 13.1. The molecule has 29 heavy (non-hydrogen) atoms. The highest BCUT2D eigenvalue weighted by molar-refractivity contribution is 7.47. The van der Waals surface area contributed by atoms with E-state index in [0.29, 0.717) is 6.42 Å². The Balaban J connectivity index is 1.98. The number of fused-ring (bicyclic) bond motifs is 2. The molecular formula is C18H29N2O8P. The Morgan fingerprint density at radius 1 is 1.31 bits per heavy atom. The molecule has 3 heterocycles. The number of phosphoric acid groups is 1. The van der Waals surface area contributed by atoms with Gasteiger partial charge in [-0.15, -0.1) is 0 Å². The summed E-state index contributed by atoms with van der Waals surface area (Å²) >= 11 is 0. The molecule has 0 amide bonds. The van der Waals surface area contributed by atoms with Gasteiger partial charge in [0, 0.05) is 12.3 Å². The van der Waals surface area contributed by atoms with Crippen molar-refractivity contribution in [2.24, 2.45) is 5.41 Å². The summed E-state index contributed by atoms with van der Waals surface area (Å²) in [6.45, 7) is 11.1. The van der Waals surface area contributed by atoms with Gasteiger partial charge in [-0.05, 0) is 32.6 Å². The Hall–Kier alpha value is -1.29. The molecule has 0 spiro atoms. The van der Waals surface area contributed by atoms with Crippen molar-refractivity contribution in [1.82, 2.24) is 9.55 Å². The number of nitrogens with zero attached hydrogens (tertiary/aromatic N) is 1. The molecule has 3 rings (SSSR count). The van der Waals surface area contributed by atoms with Crippen molar-refractivity contribution < 1.29 is 28.0 Å². The van der Waals surface area contributed by atoms with Crippen LogP contribution in [0.15, 0.2) is 21.9 Å². The van der Waals surface area contributed by atoms with E-state index in [4.69, 9.17) is 18.5 Å². The number of phosphoric ester groups is 1. The minimum absolute atomic E-state index is 0.143. The van der Waals surface area contributed by atoms with Crippen molar-refractivity contribution in [2.45, 2.75) is 77.6 Å². The Morgan fingerprint density at radius 3 is 2.52 bits per heavy atom. The average molecular weight is 432 g/mol. The van der Waals surface area contributed by atoms with Gasteiger partial charge in [-0.25, -0.2) is 9.36 Å². The molecule has 0 aromatic carbocycles. The smallest absolute Gasteiger partial charge is 0.368 e. The Kier molecular flexibility index (Phi) is 5.52. The SMILES string of the molecule is CC(C)(C)C[C@]12CO[C@@H](C1OP(=O)(O)OC(C)(C)C)[C@H](n1ccc(=O)[nH]c1=O)O2. The Labute approximate surface area is 168 Å². The highest BCUT2D eigenvalue weighted by atomic mass is 31.2. The van der Waals surface area contributed by atoms with Crippen molar-refractivity contribution in [3.63, 3.8) is 0 Å². The van der Waals surface area contributed by atoms with E-state index >= 15 is 0 Å². The normalized spacial score (nSPS) is 31.8. The van der Waals surface area contributed by atoms with Crippen LogP contribution in [0.4, 0.5) is 0 Å². The van der Waals surface area contributed by atoms with Crippen LogP contribution in [0, 0.1) is 5.41 Å². The average Bonchev–Trinajstić information content (AvgIpc) is 2.93. The third-order valence-corrected chi connectivity index (χ3v) is 5.84. The number of nitrogens with one attached hydrogen (secondary N) is 1. The van der Waals surface area contributed by atoms with E-state index in [0.717, 1.165) is 0 Å². The monoisotopic (exact) mass is 432 g/mol. The lowest BCUT2D eigenvalue weighted by Crippen LogP contribution is -2.45. The van der Waals surface area contributed by atoms with Crippen molar-refractivity contribution in [1.29, 1.82) is 0 Å². The largest absolute Gasteiger partial charge is 0.473 e. The van der Waals surface area contributed by atoms with E-state index in [1.165, 1.54) is 16.8 Å². The molecule has 164 valence electrons. The summed E-state index contributed by atoms with van der Waals surface area (Å²) in [6, 6.07) is 1.20. The fourth-order valence-electron chi connectivity index (χ4n) is 3.95. The van der Waals surface area contributed by atoms with E-state index in [2.05, 4.69) is 4.98 Å². The maximum absolute atomic E-state index is 12.7. The fourth-order valence-corrected chi connectivity index (χ4v) is 5.28. The molecule has 2 aliphatic heterocycles. The lowest BCUT2D eigenvalue weighted by molar-refractivity contribution is -0.184. The second-order valence-electron chi connectivity index (χ2n) is 9.80. The molecule has 2 aliphatic rings. The minimum atomic E-state index is -4.45. The van der Waals surface area contributed by atoms with Gasteiger partial charge in [0.2, 0.25) is 0 Å². The quantitative estimate of drug-likeness (QED) is 0.676. The minimum Gasteiger partial charge on any atom is -0.368 e. The standard InChI is InChI=1S/C18H29N2O8P/c1-16(2,3)9-18-10-25-12(13(18)27-29(23,24)28-17(4,5)6)14(26-18)20-8-7-11(21)19-15(20)22/h7-8,12-14H,9-10H2,1-6H3,(H,23,24)(H,19,21,22)/t12-,13?,14+,18-/m0/s1. The van der Waals surface area contributed by atoms with Gasteiger partial charge >= 0.3 is 13.5 Å². The van der Waals surface area contributed by atoms with Crippen LogP contribution in [0.3, 0.4) is 0 Å². The van der Waals surface area contributed by atoms with Crippen LogP contribution in [0.1, 0.15) is 54.2 Å². The fraction of sp³-hybridized carbons (Fsp3) is 0.778. The van der Waals surface area contributed by atoms with E-state index in [-0.39, 0.29) is 12.0 Å². The molecule has 2 N–H and O–H groups in total. The molecule has 2 fully saturated rings. The molecule has 5 atom stereocenters. The number of H-pyrrole nitrogens is 1. The molecule has 10 nitrogen and oxygen atoms in total. The first-order valence-electron chi connectivity index (χ1n) is 9.44. The molecule has 0 saturated carbocycles. The van der Waals surface area contributed by atoms with Crippen LogP contribution >= 0.6 is 7.82 Å². The summed E-state index contributed by atoms with van der Waals surface area (Å²) in [4.78, 5) is 36.2. The zero-order valence-corrected chi connectivity index (χ0v) is 18.4. The molecule has 11 heteroatoms. The van der Waals surface area contributed by atoms with Gasteiger partial charge in [0.25, 0.3) is 5.56 Å². The number of aromatic nitrogens is 2. The van der Waals surface area contributed by atoms with Gasteiger partial charge in [0.15, 0.2) is 6.23 Å². The van der Waals surface area contributed by atoms with E-state index < -0.39 is 48.7 Å². The number of hydrogen-bond acceptors (Lipinski definition) is 7. The third-order valence-electron chi connectivity index (χ3n) is 4.56. The van der Waals surface area contributed by atoms with E-state index in [1.54, 1.807) is 20.8 Å². The Morgan fingerprint density at radius 2 is 1.97 bits per heavy atom. The summed E-state index contributed by atoms with van der Waals surface area (Å²) in [5.41, 5.74) is -3.39. The first kappa shape index (κ1) is 22.4. The summed E-state index contributed by atoms with van der Waals surface area (Å²) in [5, 5.41) is 0. The van der Waals surface area contributed by atoms with Gasteiger partial charge in [0.05, 0.1) is 12.2 Å². The molecule has 2 unspecified atom stereocenters. The third kappa shape index (κ3) is 4.90. The zero-order chi connectivity index (χ0) is 21.8. The van der Waals surface area contributed by atoms with Crippen LogP contribution in [-0.2, 0) is 23.1 Å². The van der Waals surface area contributed by atoms with Crippen molar-refractivity contribution in [3.05, 3.63) is 33.1 Å². The predicted octanol–water partition coefficient (Wildman–Crippen LogP) is 1.94. The summed E-state index contributed by atoms with van der Waals surface area (Å²) < 4.78 is 36.7. The van der Waals surface area contributed by atoms with E-state index in [9.17, 15) is 19.0 Å². The maximum atomic E-state index is 12.7. The molecule has 2 bridgehead atoms. The molecule has 0 aliphatic carbocycles. The summed E-state index contributed by atoms with van der Waals surface area (Å²) in [6.07, 6.45) is -0.934. The zero-order valence-electron chi connectivity index (χ0n) is 17.5. The van der Waals surface area contributed by atoms with Gasteiger partial charge in [-0.2, -0.15) is 0 Å². The summed E-state index contributed by atoms with van der Waals surface area (Å²) in [7, 11) is -4.45. The Bertz CT molecular complexity index is 927. The molecular weight excluding hydrogens is 403 g/mol. The van der Waals surface area contributed by atoms with Crippen LogP contribution < -0.4 is 11.2 Å². The van der Waals surface area contributed by atoms with Crippen LogP contribution in [-0.4, -0.2) is 44.5 Å². The van der Waals surface area contributed by atoms with Crippen LogP contribution in [0.25, 0.3) is 0 Å². The first-order valence-corrected chi connectivity index (χ1v) is 10.9. The van der Waals surface area contributed by atoms with Crippen LogP contribution in [0.2, 0.25) is 0 Å². The van der Waals surface area contributed by atoms with Crippen molar-refractivity contribution >= 4 is 7.82 Å². The number of hydrogen-bond donors (Lipinski definition) is 2. The van der Waals surface area contributed by atoms with Gasteiger partial charge < -0.3 is 14.4 Å². The van der Waals surface area contributed by atoms with Crippen molar-refractivity contribution in [3.8, 4) is 0 Å². The predicted molar refractivity (Wildman–Crippen MR) is 104 cm³/mol. The van der Waals surface area contributed by atoms with Crippen molar-refractivity contribution in [2.75, 3.05) is 6.61 Å². The second-order valence-corrected chi connectivity index (χ2v) is 11.1. The summed E-state index contributed by atoms with van der Waals surface area (Å²) in [5.74, 6) is 0. The van der Waals surface area contributed by atoms with Crippen LogP contribution in [0.5, 0.6) is 0 Å². The number of ether oxygens (including phenoxy) is 2. The molecule has 2 saturated heterocycles. The lowest BCUT2D eigenvalue weighted by Gasteiger charge is -2.37. The van der Waals surface area contributed by atoms with E-state index in [1.807, 2.05) is 20.8 Å².